The molecule has 11 aromatic rings. The second-order valence-electron chi connectivity index (χ2n) is 14.5. The van der Waals surface area contributed by atoms with E-state index in [4.69, 9.17) is 0 Å². The Morgan fingerprint density at radius 2 is 0.857 bits per heavy atom. The van der Waals surface area contributed by atoms with Gasteiger partial charge in [0.25, 0.3) is 0 Å². The number of benzene rings is 10. The zero-order valence-corrected chi connectivity index (χ0v) is 31.4. The Hall–Kier alpha value is -7.00. The van der Waals surface area contributed by atoms with Crippen molar-refractivity contribution in [3.63, 3.8) is 0 Å². The summed E-state index contributed by atoms with van der Waals surface area (Å²) < 4.78 is 2.57. The number of rotatable bonds is 6. The highest BCUT2D eigenvalue weighted by Gasteiger charge is 2.22. The molecule has 1 heterocycles. The van der Waals surface area contributed by atoms with Crippen LogP contribution in [-0.2, 0) is 0 Å². The van der Waals surface area contributed by atoms with Gasteiger partial charge in [-0.25, -0.2) is 0 Å². The molecule has 262 valence electrons. The molecule has 56 heavy (non-hydrogen) atoms. The minimum atomic E-state index is 1.11. The molecule has 11 rings (SSSR count). The predicted molar refractivity (Wildman–Crippen MR) is 243 cm³/mol. The van der Waals surface area contributed by atoms with Crippen LogP contribution in [0.3, 0.4) is 0 Å². The van der Waals surface area contributed by atoms with E-state index >= 15 is 0 Å². The summed E-state index contributed by atoms with van der Waals surface area (Å²) in [6, 6.07) is 77.7. The van der Waals surface area contributed by atoms with Crippen LogP contribution in [0.4, 0.5) is 17.1 Å². The molecule has 0 aliphatic rings. The second kappa shape index (κ2) is 13.4. The van der Waals surface area contributed by atoms with Crippen LogP contribution in [0.2, 0.25) is 0 Å². The van der Waals surface area contributed by atoms with Crippen molar-refractivity contribution < 1.29 is 0 Å². The van der Waals surface area contributed by atoms with Gasteiger partial charge in [-0.2, -0.15) is 0 Å². The van der Waals surface area contributed by atoms with Crippen LogP contribution in [0, 0.1) is 0 Å². The van der Waals surface area contributed by atoms with E-state index in [0.29, 0.717) is 0 Å². The molecule has 0 unspecified atom stereocenters. The van der Waals surface area contributed by atoms with Gasteiger partial charge in [0, 0.05) is 26.8 Å². The topological polar surface area (TPSA) is 3.24 Å². The highest BCUT2D eigenvalue weighted by atomic mass is 32.1. The molecular formula is C54H35NS. The molecule has 0 atom stereocenters. The van der Waals surface area contributed by atoms with Gasteiger partial charge in [-0.15, -0.1) is 11.3 Å². The van der Waals surface area contributed by atoms with Crippen molar-refractivity contribution in [1.29, 1.82) is 0 Å². The molecule has 0 saturated heterocycles. The van der Waals surface area contributed by atoms with Gasteiger partial charge in [0.2, 0.25) is 0 Å². The third kappa shape index (κ3) is 5.38. The van der Waals surface area contributed by atoms with Crippen molar-refractivity contribution in [3.8, 4) is 33.4 Å². The fourth-order valence-electron chi connectivity index (χ4n) is 8.60. The molecule has 2 heteroatoms. The standard InChI is InChI=1S/C54H35NS/c1-3-13-37(14-4-1)48-33-34-51(54-52(48)50-24-12-23-49(53(50)56-54)38-15-5-2-6-16-38)55(43-31-32-47-41(35-43)26-25-39-18-8-10-21-45(39)47)42-29-27-40(28-30-42)46-22-11-19-36-17-7-9-20-44(36)46/h1-35H. The molecule has 0 aliphatic heterocycles. The molecule has 0 spiro atoms. The summed E-state index contributed by atoms with van der Waals surface area (Å²) in [4.78, 5) is 2.47. The number of thiophene rings is 1. The molecule has 0 aliphatic carbocycles. The fraction of sp³-hybridized carbons (Fsp3) is 0. The van der Waals surface area contributed by atoms with Crippen molar-refractivity contribution in [3.05, 3.63) is 212 Å². The van der Waals surface area contributed by atoms with Crippen LogP contribution in [0.5, 0.6) is 0 Å². The third-order valence-corrected chi connectivity index (χ3v) is 12.5. The Kier molecular flexibility index (Phi) is 7.75. The summed E-state index contributed by atoms with van der Waals surface area (Å²) in [7, 11) is 0. The monoisotopic (exact) mass is 729 g/mol. The predicted octanol–water partition coefficient (Wildman–Crippen LogP) is 16.0. The molecular weight excluding hydrogens is 695 g/mol. The van der Waals surface area contributed by atoms with Crippen LogP contribution >= 0.6 is 11.3 Å². The van der Waals surface area contributed by atoms with Gasteiger partial charge in [-0.3, -0.25) is 0 Å². The van der Waals surface area contributed by atoms with Crippen LogP contribution in [0.1, 0.15) is 0 Å². The maximum atomic E-state index is 2.47. The number of hydrogen-bond acceptors (Lipinski definition) is 2. The summed E-state index contributed by atoms with van der Waals surface area (Å²) in [5.74, 6) is 0. The first-order chi connectivity index (χ1) is 27.8. The Labute approximate surface area is 330 Å². The molecule has 10 aromatic carbocycles. The number of fused-ring (bicyclic) bond motifs is 7. The van der Waals surface area contributed by atoms with E-state index in [1.165, 1.54) is 85.9 Å². The van der Waals surface area contributed by atoms with Crippen LogP contribution < -0.4 is 4.90 Å². The highest BCUT2D eigenvalue weighted by Crippen LogP contribution is 2.50. The van der Waals surface area contributed by atoms with Crippen molar-refractivity contribution in [1.82, 2.24) is 0 Å². The van der Waals surface area contributed by atoms with E-state index in [1.54, 1.807) is 0 Å². The normalized spacial score (nSPS) is 11.6. The van der Waals surface area contributed by atoms with Gasteiger partial charge in [-0.1, -0.05) is 182 Å². The number of nitrogens with zero attached hydrogens (tertiary/aromatic N) is 1. The van der Waals surface area contributed by atoms with E-state index < -0.39 is 0 Å². The SMILES string of the molecule is c1ccc(-c2cccc3c2sc2c(N(c4ccc(-c5cccc6ccccc56)cc4)c4ccc5c(ccc6ccccc65)c4)ccc(-c4ccccc4)c23)cc1. The molecule has 0 radical (unpaired) electrons. The first kappa shape index (κ1) is 32.4. The molecule has 0 N–H and O–H groups in total. The lowest BCUT2D eigenvalue weighted by Gasteiger charge is -2.27. The number of hydrogen-bond donors (Lipinski definition) is 0. The van der Waals surface area contributed by atoms with Crippen molar-refractivity contribution in [2.45, 2.75) is 0 Å². The molecule has 0 saturated carbocycles. The van der Waals surface area contributed by atoms with Gasteiger partial charge >= 0.3 is 0 Å². The average molecular weight is 730 g/mol. The zero-order valence-electron chi connectivity index (χ0n) is 30.6. The van der Waals surface area contributed by atoms with Crippen LogP contribution in [0.15, 0.2) is 212 Å². The Bertz CT molecular complexity index is 3230. The minimum absolute atomic E-state index is 1.11. The van der Waals surface area contributed by atoms with Gasteiger partial charge in [0.15, 0.2) is 0 Å². The first-order valence-electron chi connectivity index (χ1n) is 19.2. The summed E-state index contributed by atoms with van der Waals surface area (Å²) in [6.07, 6.45) is 0. The molecule has 0 fully saturated rings. The van der Waals surface area contributed by atoms with Crippen LogP contribution in [-0.4, -0.2) is 0 Å². The lowest BCUT2D eigenvalue weighted by atomic mass is 9.96. The first-order valence-corrected chi connectivity index (χ1v) is 20.0. The molecule has 0 amide bonds. The van der Waals surface area contributed by atoms with Crippen molar-refractivity contribution >= 4 is 80.9 Å². The third-order valence-electron chi connectivity index (χ3n) is 11.2. The lowest BCUT2D eigenvalue weighted by molar-refractivity contribution is 1.31. The summed E-state index contributed by atoms with van der Waals surface area (Å²) >= 11 is 1.90. The van der Waals surface area contributed by atoms with Gasteiger partial charge in [0.1, 0.15) is 0 Å². The van der Waals surface area contributed by atoms with Gasteiger partial charge in [-0.05, 0) is 96.0 Å². The molecule has 1 aromatic heterocycles. The van der Waals surface area contributed by atoms with E-state index in [2.05, 4.69) is 217 Å². The van der Waals surface area contributed by atoms with E-state index in [1.807, 2.05) is 11.3 Å². The van der Waals surface area contributed by atoms with E-state index in [9.17, 15) is 0 Å². The zero-order chi connectivity index (χ0) is 37.0. The Morgan fingerprint density at radius 1 is 0.304 bits per heavy atom. The van der Waals surface area contributed by atoms with Gasteiger partial charge in [0.05, 0.1) is 10.4 Å². The van der Waals surface area contributed by atoms with Crippen molar-refractivity contribution in [2.24, 2.45) is 0 Å². The van der Waals surface area contributed by atoms with E-state index in [-0.39, 0.29) is 0 Å². The van der Waals surface area contributed by atoms with Gasteiger partial charge < -0.3 is 4.90 Å². The highest BCUT2D eigenvalue weighted by molar-refractivity contribution is 7.27. The van der Waals surface area contributed by atoms with Crippen molar-refractivity contribution in [2.75, 3.05) is 4.90 Å². The average Bonchev–Trinajstić information content (AvgIpc) is 3.67. The molecule has 1 nitrogen and oxygen atoms in total. The molecule has 0 bridgehead atoms. The Balaban J connectivity index is 1.17. The maximum Gasteiger partial charge on any atom is 0.0640 e. The second-order valence-corrected chi connectivity index (χ2v) is 15.5. The smallest absolute Gasteiger partial charge is 0.0640 e. The van der Waals surface area contributed by atoms with E-state index in [0.717, 1.165) is 17.1 Å². The summed E-state index contributed by atoms with van der Waals surface area (Å²) in [5.41, 5.74) is 10.8. The minimum Gasteiger partial charge on any atom is -0.309 e. The largest absolute Gasteiger partial charge is 0.309 e. The lowest BCUT2D eigenvalue weighted by Crippen LogP contribution is -2.10. The summed E-state index contributed by atoms with van der Waals surface area (Å²) in [6.45, 7) is 0. The quantitative estimate of drug-likeness (QED) is 0.154. The Morgan fingerprint density at radius 3 is 1.64 bits per heavy atom. The summed E-state index contributed by atoms with van der Waals surface area (Å²) in [5, 5.41) is 10.1. The van der Waals surface area contributed by atoms with Crippen LogP contribution in [0.25, 0.3) is 85.9 Å². The fourth-order valence-corrected chi connectivity index (χ4v) is 9.97. The number of anilines is 3. The maximum absolute atomic E-state index is 2.47.